The minimum atomic E-state index is -0.811. The normalized spacial score (nSPS) is 14.4. The van der Waals surface area contributed by atoms with Crippen LogP contribution in [-0.4, -0.2) is 29.4 Å². The van der Waals surface area contributed by atoms with Gasteiger partial charge in [0.1, 0.15) is 12.2 Å². The molecule has 0 aromatic heterocycles. The fourth-order valence-electron chi connectivity index (χ4n) is 4.01. The van der Waals surface area contributed by atoms with Gasteiger partial charge in [0.25, 0.3) is 17.5 Å². The number of urea groups is 1. The van der Waals surface area contributed by atoms with Crippen molar-refractivity contribution in [3.05, 3.63) is 97.5 Å². The number of benzene rings is 3. The third-order valence-electron chi connectivity index (χ3n) is 5.89. The van der Waals surface area contributed by atoms with Gasteiger partial charge in [0.2, 0.25) is 0 Å². The second kappa shape index (κ2) is 11.9. The third-order valence-corrected chi connectivity index (χ3v) is 6.48. The van der Waals surface area contributed by atoms with E-state index in [4.69, 9.17) is 9.47 Å². The van der Waals surface area contributed by atoms with E-state index in [1.807, 2.05) is 19.1 Å². The van der Waals surface area contributed by atoms with Crippen molar-refractivity contribution < 1.29 is 28.8 Å². The SMILES string of the molecule is CCOc1cc(/C=C2/C(=O)NC(=O)N(c3ccccc3CC)C2=O)cc(Br)c1OCc1ccc([N+](=O)[O-])cc1. The molecule has 3 aromatic rings. The van der Waals surface area contributed by atoms with Crippen molar-refractivity contribution in [2.75, 3.05) is 11.5 Å². The first-order valence-electron chi connectivity index (χ1n) is 12.0. The van der Waals surface area contributed by atoms with Crippen LogP contribution in [0.2, 0.25) is 0 Å². The summed E-state index contributed by atoms with van der Waals surface area (Å²) in [6.07, 6.45) is 1.98. The number of amides is 4. The first kappa shape index (κ1) is 27.5. The van der Waals surface area contributed by atoms with Gasteiger partial charge in [-0.3, -0.25) is 25.0 Å². The molecular weight excluding hydrogens is 570 g/mol. The number of para-hydroxylation sites is 1. The number of ether oxygens (including phenoxy) is 2. The molecule has 1 aliphatic heterocycles. The average Bonchev–Trinajstić information content (AvgIpc) is 2.91. The van der Waals surface area contributed by atoms with E-state index >= 15 is 0 Å². The number of nitrogens with one attached hydrogen (secondary N) is 1. The van der Waals surface area contributed by atoms with Gasteiger partial charge in [0.15, 0.2) is 11.5 Å². The van der Waals surface area contributed by atoms with Crippen LogP contribution in [0.1, 0.15) is 30.5 Å². The van der Waals surface area contributed by atoms with Crippen LogP contribution >= 0.6 is 15.9 Å². The Labute approximate surface area is 232 Å². The molecule has 0 saturated carbocycles. The van der Waals surface area contributed by atoms with Gasteiger partial charge in [-0.15, -0.1) is 0 Å². The molecule has 4 amide bonds. The summed E-state index contributed by atoms with van der Waals surface area (Å²) in [7, 11) is 0. The Morgan fingerprint density at radius 1 is 1.03 bits per heavy atom. The van der Waals surface area contributed by atoms with Crippen LogP contribution in [-0.2, 0) is 22.6 Å². The highest BCUT2D eigenvalue weighted by molar-refractivity contribution is 9.10. The maximum Gasteiger partial charge on any atom is 0.335 e. The largest absolute Gasteiger partial charge is 0.490 e. The summed E-state index contributed by atoms with van der Waals surface area (Å²) in [5.41, 5.74) is 2.13. The predicted molar refractivity (Wildman–Crippen MR) is 148 cm³/mol. The van der Waals surface area contributed by atoms with Crippen LogP contribution in [0.5, 0.6) is 11.5 Å². The highest BCUT2D eigenvalue weighted by atomic mass is 79.9. The number of non-ortho nitro benzene ring substituents is 1. The van der Waals surface area contributed by atoms with Gasteiger partial charge < -0.3 is 9.47 Å². The Hall–Kier alpha value is -4.51. The molecule has 0 aliphatic carbocycles. The molecule has 0 bridgehead atoms. The van der Waals surface area contributed by atoms with E-state index in [0.29, 0.717) is 45.8 Å². The molecule has 0 spiro atoms. The van der Waals surface area contributed by atoms with Crippen molar-refractivity contribution in [1.29, 1.82) is 0 Å². The lowest BCUT2D eigenvalue weighted by atomic mass is 10.0. The van der Waals surface area contributed by atoms with Crippen LogP contribution in [0.15, 0.2) is 70.7 Å². The van der Waals surface area contributed by atoms with E-state index in [-0.39, 0.29) is 17.9 Å². The molecule has 1 heterocycles. The maximum atomic E-state index is 13.4. The first-order chi connectivity index (χ1) is 18.7. The van der Waals surface area contributed by atoms with E-state index < -0.39 is 22.8 Å². The second-order valence-electron chi connectivity index (χ2n) is 8.42. The highest BCUT2D eigenvalue weighted by Crippen LogP contribution is 2.38. The maximum absolute atomic E-state index is 13.4. The number of barbiturate groups is 1. The van der Waals surface area contributed by atoms with Gasteiger partial charge in [-0.25, -0.2) is 9.69 Å². The molecule has 1 fully saturated rings. The van der Waals surface area contributed by atoms with Gasteiger partial charge in [-0.1, -0.05) is 25.1 Å². The van der Waals surface area contributed by atoms with Crippen molar-refractivity contribution in [1.82, 2.24) is 5.32 Å². The van der Waals surface area contributed by atoms with E-state index in [1.54, 1.807) is 43.3 Å². The van der Waals surface area contributed by atoms with E-state index in [2.05, 4.69) is 21.2 Å². The number of carbonyl (C=O) groups is 3. The minimum Gasteiger partial charge on any atom is -0.490 e. The quantitative estimate of drug-likeness (QED) is 0.149. The lowest BCUT2D eigenvalue weighted by Gasteiger charge is -2.28. The van der Waals surface area contributed by atoms with Crippen LogP contribution < -0.4 is 19.7 Å². The van der Waals surface area contributed by atoms with Crippen LogP contribution in [0.25, 0.3) is 6.08 Å². The van der Waals surface area contributed by atoms with Crippen LogP contribution in [0.4, 0.5) is 16.2 Å². The molecule has 4 rings (SSSR count). The number of anilines is 1. The van der Waals surface area contributed by atoms with Gasteiger partial charge in [-0.05, 0) is 82.4 Å². The number of nitrogens with zero attached hydrogens (tertiary/aromatic N) is 2. The number of nitro benzene ring substituents is 1. The minimum absolute atomic E-state index is 0.0212. The van der Waals surface area contributed by atoms with Gasteiger partial charge in [-0.2, -0.15) is 0 Å². The summed E-state index contributed by atoms with van der Waals surface area (Å²) >= 11 is 3.47. The summed E-state index contributed by atoms with van der Waals surface area (Å²) < 4.78 is 12.2. The summed E-state index contributed by atoms with van der Waals surface area (Å²) in [6.45, 7) is 4.14. The summed E-state index contributed by atoms with van der Waals surface area (Å²) in [6, 6.07) is 15.5. The Morgan fingerprint density at radius 2 is 1.74 bits per heavy atom. The Balaban J connectivity index is 1.64. The zero-order valence-electron chi connectivity index (χ0n) is 21.1. The van der Waals surface area contributed by atoms with Crippen molar-refractivity contribution in [2.24, 2.45) is 0 Å². The Bertz CT molecular complexity index is 1480. The molecule has 11 heteroatoms. The molecule has 3 aromatic carbocycles. The molecule has 1 N–H and O–H groups in total. The summed E-state index contributed by atoms with van der Waals surface area (Å²) in [5.74, 6) is -0.806. The molecule has 0 unspecified atom stereocenters. The number of imide groups is 2. The van der Waals surface area contributed by atoms with Gasteiger partial charge in [0.05, 0.1) is 21.7 Å². The third kappa shape index (κ3) is 5.99. The van der Waals surface area contributed by atoms with E-state index in [0.717, 1.165) is 10.5 Å². The number of halogens is 1. The fourth-order valence-corrected chi connectivity index (χ4v) is 4.59. The molecular formula is C28H24BrN3O7. The number of nitro groups is 1. The Morgan fingerprint density at radius 3 is 2.41 bits per heavy atom. The second-order valence-corrected chi connectivity index (χ2v) is 9.27. The number of hydrogen-bond acceptors (Lipinski definition) is 7. The zero-order valence-corrected chi connectivity index (χ0v) is 22.7. The number of hydrogen-bond donors (Lipinski definition) is 1. The Kier molecular flexibility index (Phi) is 8.40. The van der Waals surface area contributed by atoms with Crippen LogP contribution in [0, 0.1) is 10.1 Å². The topological polar surface area (TPSA) is 128 Å². The molecule has 1 saturated heterocycles. The lowest BCUT2D eigenvalue weighted by molar-refractivity contribution is -0.384. The molecule has 39 heavy (non-hydrogen) atoms. The molecule has 0 radical (unpaired) electrons. The van der Waals surface area contributed by atoms with E-state index in [9.17, 15) is 24.5 Å². The van der Waals surface area contributed by atoms with Gasteiger partial charge in [0, 0.05) is 12.1 Å². The van der Waals surface area contributed by atoms with Gasteiger partial charge >= 0.3 is 6.03 Å². The average molecular weight is 594 g/mol. The number of carbonyl (C=O) groups excluding carboxylic acids is 3. The molecule has 0 atom stereocenters. The van der Waals surface area contributed by atoms with Crippen molar-refractivity contribution >= 4 is 51.2 Å². The van der Waals surface area contributed by atoms with Crippen molar-refractivity contribution in [2.45, 2.75) is 26.9 Å². The zero-order chi connectivity index (χ0) is 28.1. The monoisotopic (exact) mass is 593 g/mol. The summed E-state index contributed by atoms with van der Waals surface area (Å²) in [4.78, 5) is 50.1. The van der Waals surface area contributed by atoms with Crippen LogP contribution in [0.3, 0.4) is 0 Å². The highest BCUT2D eigenvalue weighted by Gasteiger charge is 2.37. The van der Waals surface area contributed by atoms with Crippen molar-refractivity contribution in [3.8, 4) is 11.5 Å². The fraction of sp³-hybridized carbons (Fsp3) is 0.179. The smallest absolute Gasteiger partial charge is 0.335 e. The number of aryl methyl sites for hydroxylation is 1. The lowest BCUT2D eigenvalue weighted by Crippen LogP contribution is -2.54. The molecule has 10 nitrogen and oxygen atoms in total. The molecule has 200 valence electrons. The van der Waals surface area contributed by atoms with E-state index in [1.165, 1.54) is 18.2 Å². The van der Waals surface area contributed by atoms with Crippen molar-refractivity contribution in [3.63, 3.8) is 0 Å². The summed E-state index contributed by atoms with van der Waals surface area (Å²) in [5, 5.41) is 13.1. The first-order valence-corrected chi connectivity index (χ1v) is 12.8. The predicted octanol–water partition coefficient (Wildman–Crippen LogP) is 5.56. The standard InChI is InChI=1S/C28H24BrN3O7/c1-3-19-7-5-6-8-23(19)31-27(34)21(26(33)30-28(31)35)13-18-14-22(29)25(24(15-18)38-4-2)39-16-17-9-11-20(12-10-17)32(36)37/h5-15H,3-4,16H2,1-2H3,(H,30,33,35)/b21-13-. The molecule has 1 aliphatic rings. The number of rotatable bonds is 9.